The largest absolute Gasteiger partial charge is 0.338 e. The molecule has 1 heterocycles. The monoisotopic (exact) mass is 236 g/mol. The minimum Gasteiger partial charge on any atom is -0.338 e. The maximum absolute atomic E-state index is 12.3. The average Bonchev–Trinajstić information content (AvgIpc) is 3.08. The van der Waals surface area contributed by atoms with Crippen LogP contribution in [0.15, 0.2) is 11.6 Å². The highest BCUT2D eigenvalue weighted by Gasteiger charge is 2.50. The van der Waals surface area contributed by atoms with Crippen molar-refractivity contribution in [2.75, 3.05) is 19.6 Å². The predicted molar refractivity (Wildman–Crippen MR) is 69.5 cm³/mol. The molecule has 0 spiro atoms. The molecule has 0 aromatic carbocycles. The van der Waals surface area contributed by atoms with Crippen LogP contribution in [0.3, 0.4) is 0 Å². The molecule has 1 aliphatic heterocycles. The van der Waals surface area contributed by atoms with E-state index in [2.05, 4.69) is 26.8 Å². The van der Waals surface area contributed by atoms with E-state index in [1.807, 2.05) is 4.90 Å². The Morgan fingerprint density at radius 2 is 2.12 bits per heavy atom. The Hall–Kier alpha value is -0.830. The first-order chi connectivity index (χ1) is 7.89. The number of rotatable bonds is 2. The van der Waals surface area contributed by atoms with Crippen molar-refractivity contribution in [2.24, 2.45) is 16.6 Å². The van der Waals surface area contributed by atoms with Gasteiger partial charge in [-0.2, -0.15) is 0 Å². The first-order valence-electron chi connectivity index (χ1n) is 6.58. The average molecular weight is 236 g/mol. The second kappa shape index (κ2) is 4.13. The van der Waals surface area contributed by atoms with Crippen molar-refractivity contribution in [3.8, 4) is 0 Å². The zero-order valence-corrected chi connectivity index (χ0v) is 11.3. The van der Waals surface area contributed by atoms with Gasteiger partial charge in [-0.15, -0.1) is 0 Å². The number of carbonyl (C=O) groups is 1. The standard InChI is InChI=1S/C14H24N2O/c1-13(2,3)11-4-8-16(9-5-11)12(17)14(10-15)6-7-14/h4H,5-10,15H2,1-3H3. The molecule has 1 saturated carbocycles. The van der Waals surface area contributed by atoms with Crippen molar-refractivity contribution in [2.45, 2.75) is 40.0 Å². The minimum atomic E-state index is -0.187. The number of amides is 1. The molecule has 17 heavy (non-hydrogen) atoms. The highest BCUT2D eigenvalue weighted by molar-refractivity contribution is 5.86. The normalized spacial score (nSPS) is 23.3. The van der Waals surface area contributed by atoms with Crippen molar-refractivity contribution < 1.29 is 4.79 Å². The third-order valence-electron chi connectivity index (χ3n) is 4.16. The van der Waals surface area contributed by atoms with Crippen LogP contribution < -0.4 is 5.73 Å². The summed E-state index contributed by atoms with van der Waals surface area (Å²) in [6.07, 6.45) is 5.20. The molecule has 2 N–H and O–H groups in total. The number of hydrogen-bond donors (Lipinski definition) is 1. The summed E-state index contributed by atoms with van der Waals surface area (Å²) < 4.78 is 0. The summed E-state index contributed by atoms with van der Waals surface area (Å²) in [4.78, 5) is 14.3. The van der Waals surface area contributed by atoms with Gasteiger partial charge < -0.3 is 10.6 Å². The van der Waals surface area contributed by atoms with Gasteiger partial charge >= 0.3 is 0 Å². The lowest BCUT2D eigenvalue weighted by molar-refractivity contribution is -0.136. The van der Waals surface area contributed by atoms with Crippen molar-refractivity contribution in [1.29, 1.82) is 0 Å². The summed E-state index contributed by atoms with van der Waals surface area (Å²) in [5, 5.41) is 0. The minimum absolute atomic E-state index is 0.187. The van der Waals surface area contributed by atoms with E-state index in [0.717, 1.165) is 32.4 Å². The van der Waals surface area contributed by atoms with Crippen LogP contribution in [0.1, 0.15) is 40.0 Å². The quantitative estimate of drug-likeness (QED) is 0.745. The second-order valence-electron chi connectivity index (χ2n) is 6.46. The van der Waals surface area contributed by atoms with Crippen LogP contribution in [0.25, 0.3) is 0 Å². The number of nitrogens with two attached hydrogens (primary N) is 1. The van der Waals surface area contributed by atoms with Gasteiger partial charge in [-0.05, 0) is 24.7 Å². The molecule has 0 aromatic heterocycles. The maximum Gasteiger partial charge on any atom is 0.230 e. The zero-order valence-electron chi connectivity index (χ0n) is 11.3. The van der Waals surface area contributed by atoms with E-state index < -0.39 is 0 Å². The van der Waals surface area contributed by atoms with Crippen LogP contribution in [0.4, 0.5) is 0 Å². The highest BCUT2D eigenvalue weighted by atomic mass is 16.2. The molecule has 3 nitrogen and oxygen atoms in total. The van der Waals surface area contributed by atoms with E-state index in [1.54, 1.807) is 0 Å². The molecule has 1 aliphatic carbocycles. The van der Waals surface area contributed by atoms with Gasteiger partial charge in [0.05, 0.1) is 5.41 Å². The van der Waals surface area contributed by atoms with Crippen molar-refractivity contribution in [1.82, 2.24) is 4.90 Å². The molecular formula is C14H24N2O. The topological polar surface area (TPSA) is 46.3 Å². The van der Waals surface area contributed by atoms with Crippen LogP contribution in [0.2, 0.25) is 0 Å². The van der Waals surface area contributed by atoms with Crippen LogP contribution in [0.5, 0.6) is 0 Å². The summed E-state index contributed by atoms with van der Waals surface area (Å²) in [6.45, 7) is 8.85. The van der Waals surface area contributed by atoms with Gasteiger partial charge in [-0.3, -0.25) is 4.79 Å². The fourth-order valence-corrected chi connectivity index (χ4v) is 2.53. The van der Waals surface area contributed by atoms with Gasteiger partial charge in [0.2, 0.25) is 5.91 Å². The Morgan fingerprint density at radius 1 is 1.47 bits per heavy atom. The van der Waals surface area contributed by atoms with Crippen molar-refractivity contribution in [3.63, 3.8) is 0 Å². The zero-order chi connectivity index (χ0) is 12.7. The van der Waals surface area contributed by atoms with E-state index in [9.17, 15) is 4.79 Å². The van der Waals surface area contributed by atoms with Crippen LogP contribution in [-0.4, -0.2) is 30.4 Å². The summed E-state index contributed by atoms with van der Waals surface area (Å²) in [6, 6.07) is 0. The van der Waals surface area contributed by atoms with Gasteiger partial charge in [0.15, 0.2) is 0 Å². The van der Waals surface area contributed by atoms with Gasteiger partial charge in [0.25, 0.3) is 0 Å². The summed E-state index contributed by atoms with van der Waals surface area (Å²) >= 11 is 0. The second-order valence-corrected chi connectivity index (χ2v) is 6.46. The first-order valence-corrected chi connectivity index (χ1v) is 6.58. The van der Waals surface area contributed by atoms with Gasteiger partial charge in [0, 0.05) is 19.6 Å². The molecule has 1 amide bonds. The lowest BCUT2D eigenvalue weighted by Gasteiger charge is -2.34. The highest BCUT2D eigenvalue weighted by Crippen LogP contribution is 2.46. The third-order valence-corrected chi connectivity index (χ3v) is 4.16. The molecular weight excluding hydrogens is 212 g/mol. The smallest absolute Gasteiger partial charge is 0.230 e. The maximum atomic E-state index is 12.3. The van der Waals surface area contributed by atoms with Crippen LogP contribution in [0, 0.1) is 10.8 Å². The number of hydrogen-bond acceptors (Lipinski definition) is 2. The molecule has 0 atom stereocenters. The molecule has 2 aliphatic rings. The molecule has 0 bridgehead atoms. The fraction of sp³-hybridized carbons (Fsp3) is 0.786. The van der Waals surface area contributed by atoms with E-state index >= 15 is 0 Å². The number of nitrogens with zero attached hydrogens (tertiary/aromatic N) is 1. The van der Waals surface area contributed by atoms with Crippen LogP contribution in [-0.2, 0) is 4.79 Å². The summed E-state index contributed by atoms with van der Waals surface area (Å²) in [7, 11) is 0. The van der Waals surface area contributed by atoms with E-state index in [-0.39, 0.29) is 16.7 Å². The molecule has 0 saturated heterocycles. The summed E-state index contributed by atoms with van der Waals surface area (Å²) in [5.41, 5.74) is 7.23. The van der Waals surface area contributed by atoms with E-state index in [0.29, 0.717) is 6.54 Å². The molecule has 96 valence electrons. The Morgan fingerprint density at radius 3 is 2.47 bits per heavy atom. The lowest BCUT2D eigenvalue weighted by Crippen LogP contribution is -2.43. The van der Waals surface area contributed by atoms with Gasteiger partial charge in [0.1, 0.15) is 0 Å². The Labute approximate surface area is 104 Å². The molecule has 2 rings (SSSR count). The lowest BCUT2D eigenvalue weighted by atomic mass is 9.83. The molecule has 0 unspecified atom stereocenters. The van der Waals surface area contributed by atoms with E-state index in [1.165, 1.54) is 5.57 Å². The third kappa shape index (κ3) is 2.39. The molecule has 0 radical (unpaired) electrons. The Kier molecular flexibility index (Phi) is 3.06. The molecule has 1 fully saturated rings. The van der Waals surface area contributed by atoms with Crippen molar-refractivity contribution in [3.05, 3.63) is 11.6 Å². The SMILES string of the molecule is CC(C)(C)C1=CCN(C(=O)C2(CN)CC2)CC1. The Balaban J connectivity index is 2.00. The number of carbonyl (C=O) groups excluding carboxylic acids is 1. The first kappa shape index (κ1) is 12.6. The van der Waals surface area contributed by atoms with Crippen LogP contribution >= 0.6 is 0 Å². The molecule has 3 heteroatoms. The van der Waals surface area contributed by atoms with Gasteiger partial charge in [-0.25, -0.2) is 0 Å². The summed E-state index contributed by atoms with van der Waals surface area (Å²) in [5.74, 6) is 0.282. The van der Waals surface area contributed by atoms with Gasteiger partial charge in [-0.1, -0.05) is 32.4 Å². The molecule has 0 aromatic rings. The van der Waals surface area contributed by atoms with E-state index in [4.69, 9.17) is 5.73 Å². The van der Waals surface area contributed by atoms with Crippen molar-refractivity contribution >= 4 is 5.91 Å². The Bertz CT molecular complexity index is 348. The fourth-order valence-electron chi connectivity index (χ4n) is 2.53. The predicted octanol–water partition coefficient (Wildman–Crippen LogP) is 1.93.